The van der Waals surface area contributed by atoms with Crippen LogP contribution in [0.3, 0.4) is 0 Å². The normalized spacial score (nSPS) is 30.0. The number of carbonyl (C=O) groups excluding carboxylic acids is 1. The maximum atomic E-state index is 12.8. The first kappa shape index (κ1) is 15.3. The molecule has 114 valence electrons. The highest BCUT2D eigenvalue weighted by Gasteiger charge is 2.43. The van der Waals surface area contributed by atoms with Crippen molar-refractivity contribution in [3.05, 3.63) is 0 Å². The highest BCUT2D eigenvalue weighted by atomic mass is 16.4. The largest absolute Gasteiger partial charge is 0.480 e. The number of hydrogen-bond acceptors (Lipinski definition) is 2. The summed E-state index contributed by atoms with van der Waals surface area (Å²) in [6.07, 6.45) is 7.76. The van der Waals surface area contributed by atoms with Crippen LogP contribution < -0.4 is 0 Å². The summed E-state index contributed by atoms with van der Waals surface area (Å²) in [7, 11) is 0. The molecule has 0 aromatic rings. The predicted molar refractivity (Wildman–Crippen MR) is 77.3 cm³/mol. The van der Waals surface area contributed by atoms with Crippen LogP contribution in [0.5, 0.6) is 0 Å². The summed E-state index contributed by atoms with van der Waals surface area (Å²) in [4.78, 5) is 26.0. The number of amides is 1. The van der Waals surface area contributed by atoms with Gasteiger partial charge in [-0.15, -0.1) is 0 Å². The van der Waals surface area contributed by atoms with Crippen molar-refractivity contribution in [1.82, 2.24) is 4.90 Å². The van der Waals surface area contributed by atoms with Crippen molar-refractivity contribution in [2.45, 2.75) is 71.3 Å². The lowest BCUT2D eigenvalue weighted by Crippen LogP contribution is -2.54. The lowest BCUT2D eigenvalue weighted by atomic mass is 9.74. The highest BCUT2D eigenvalue weighted by molar-refractivity contribution is 5.87. The van der Waals surface area contributed by atoms with Crippen LogP contribution in [0, 0.1) is 11.3 Å². The van der Waals surface area contributed by atoms with Crippen molar-refractivity contribution in [2.75, 3.05) is 6.54 Å². The smallest absolute Gasteiger partial charge is 0.326 e. The Hall–Kier alpha value is -1.06. The van der Waals surface area contributed by atoms with E-state index in [2.05, 4.69) is 6.92 Å². The third kappa shape index (κ3) is 2.99. The summed E-state index contributed by atoms with van der Waals surface area (Å²) < 4.78 is 0. The Morgan fingerprint density at radius 2 is 1.90 bits per heavy atom. The van der Waals surface area contributed by atoms with Gasteiger partial charge >= 0.3 is 5.97 Å². The first-order valence-corrected chi connectivity index (χ1v) is 8.02. The Balaban J connectivity index is 2.12. The average molecular weight is 281 g/mol. The molecule has 0 spiro atoms. The van der Waals surface area contributed by atoms with E-state index in [0.717, 1.165) is 38.5 Å². The molecule has 2 aliphatic rings. The number of likely N-dealkylation sites (tertiary alicyclic amines) is 1. The van der Waals surface area contributed by atoms with E-state index < -0.39 is 12.0 Å². The first-order chi connectivity index (χ1) is 9.48. The molecule has 4 heteroatoms. The van der Waals surface area contributed by atoms with Gasteiger partial charge < -0.3 is 10.0 Å². The molecule has 1 N–H and O–H groups in total. The molecule has 1 heterocycles. The summed E-state index contributed by atoms with van der Waals surface area (Å²) >= 11 is 0. The molecule has 1 saturated carbocycles. The van der Waals surface area contributed by atoms with Gasteiger partial charge in [0.15, 0.2) is 0 Å². The molecular weight excluding hydrogens is 254 g/mol. The molecule has 20 heavy (non-hydrogen) atoms. The summed E-state index contributed by atoms with van der Waals surface area (Å²) in [5.74, 6) is -0.311. The first-order valence-electron chi connectivity index (χ1n) is 8.02. The van der Waals surface area contributed by atoms with E-state index in [1.54, 1.807) is 4.90 Å². The Morgan fingerprint density at radius 1 is 1.25 bits per heavy atom. The van der Waals surface area contributed by atoms with Gasteiger partial charge in [-0.25, -0.2) is 4.79 Å². The maximum absolute atomic E-state index is 12.8. The van der Waals surface area contributed by atoms with E-state index in [1.807, 2.05) is 6.92 Å². The van der Waals surface area contributed by atoms with Crippen LogP contribution >= 0.6 is 0 Å². The van der Waals surface area contributed by atoms with Crippen molar-refractivity contribution in [3.63, 3.8) is 0 Å². The number of nitrogens with zero attached hydrogens (tertiary/aromatic N) is 1. The lowest BCUT2D eigenvalue weighted by molar-refractivity contribution is -0.159. The molecule has 1 aliphatic carbocycles. The van der Waals surface area contributed by atoms with E-state index in [0.29, 0.717) is 18.9 Å². The zero-order chi connectivity index (χ0) is 14.8. The number of carboxylic acids is 1. The molecule has 4 nitrogen and oxygen atoms in total. The number of piperidine rings is 1. The van der Waals surface area contributed by atoms with E-state index in [-0.39, 0.29) is 11.3 Å². The number of rotatable bonds is 3. The Bertz CT molecular complexity index is 374. The molecule has 1 aliphatic heterocycles. The molecule has 0 radical (unpaired) electrons. The fraction of sp³-hybridized carbons (Fsp3) is 0.875. The number of carbonyl (C=O) groups is 2. The van der Waals surface area contributed by atoms with Crippen LogP contribution in [0.25, 0.3) is 0 Å². The van der Waals surface area contributed by atoms with Crippen LogP contribution in [0.4, 0.5) is 0 Å². The Kier molecular flexibility index (Phi) is 4.71. The monoisotopic (exact) mass is 281 g/mol. The maximum Gasteiger partial charge on any atom is 0.326 e. The fourth-order valence-corrected chi connectivity index (χ4v) is 3.78. The van der Waals surface area contributed by atoms with Crippen LogP contribution in [-0.2, 0) is 9.59 Å². The Labute approximate surface area is 121 Å². The van der Waals surface area contributed by atoms with Gasteiger partial charge in [0.1, 0.15) is 6.04 Å². The zero-order valence-corrected chi connectivity index (χ0v) is 12.7. The lowest BCUT2D eigenvalue weighted by Gasteiger charge is -2.43. The molecule has 2 fully saturated rings. The molecule has 2 rings (SSSR count). The van der Waals surface area contributed by atoms with E-state index >= 15 is 0 Å². The van der Waals surface area contributed by atoms with Crippen molar-refractivity contribution in [2.24, 2.45) is 11.3 Å². The predicted octanol–water partition coefficient (Wildman–Crippen LogP) is 3.06. The Morgan fingerprint density at radius 3 is 2.45 bits per heavy atom. The van der Waals surface area contributed by atoms with E-state index in [9.17, 15) is 14.7 Å². The van der Waals surface area contributed by atoms with Crippen molar-refractivity contribution >= 4 is 11.9 Å². The highest BCUT2D eigenvalue weighted by Crippen LogP contribution is 2.39. The van der Waals surface area contributed by atoms with Crippen LogP contribution in [-0.4, -0.2) is 34.5 Å². The molecular formula is C16H27NO3. The topological polar surface area (TPSA) is 57.6 Å². The molecule has 0 aromatic carbocycles. The second-order valence-electron chi connectivity index (χ2n) is 6.77. The van der Waals surface area contributed by atoms with Crippen molar-refractivity contribution in [1.29, 1.82) is 0 Å². The van der Waals surface area contributed by atoms with Crippen LogP contribution in [0.15, 0.2) is 0 Å². The second kappa shape index (κ2) is 6.15. The minimum atomic E-state index is -0.837. The molecule has 1 saturated heterocycles. The molecule has 2 atom stereocenters. The van der Waals surface area contributed by atoms with Gasteiger partial charge in [0.2, 0.25) is 5.91 Å². The van der Waals surface area contributed by atoms with Crippen LogP contribution in [0.1, 0.15) is 65.2 Å². The quantitative estimate of drug-likeness (QED) is 0.865. The van der Waals surface area contributed by atoms with Gasteiger partial charge in [-0.05, 0) is 31.6 Å². The van der Waals surface area contributed by atoms with Crippen molar-refractivity contribution < 1.29 is 14.7 Å². The molecule has 0 bridgehead atoms. The van der Waals surface area contributed by atoms with Crippen LogP contribution in [0.2, 0.25) is 0 Å². The van der Waals surface area contributed by atoms with Gasteiger partial charge in [0.25, 0.3) is 0 Å². The number of hydrogen-bond donors (Lipinski definition) is 1. The number of aliphatic carboxylic acids is 1. The van der Waals surface area contributed by atoms with Gasteiger partial charge in [-0.2, -0.15) is 0 Å². The summed E-state index contributed by atoms with van der Waals surface area (Å²) in [6.45, 7) is 4.74. The summed E-state index contributed by atoms with van der Waals surface area (Å²) in [5, 5.41) is 9.46. The van der Waals surface area contributed by atoms with Crippen molar-refractivity contribution in [3.8, 4) is 0 Å². The average Bonchev–Trinajstić information content (AvgIpc) is 2.46. The minimum absolute atomic E-state index is 0.0825. The zero-order valence-electron chi connectivity index (χ0n) is 12.7. The van der Waals surface area contributed by atoms with Gasteiger partial charge in [0, 0.05) is 12.0 Å². The minimum Gasteiger partial charge on any atom is -0.480 e. The third-order valence-electron chi connectivity index (χ3n) is 5.31. The van der Waals surface area contributed by atoms with E-state index in [4.69, 9.17) is 0 Å². The van der Waals surface area contributed by atoms with Gasteiger partial charge in [0.05, 0.1) is 0 Å². The SMILES string of the molecule is CCC1CCN(C(=O)C2(C)CCCCC2)C(C(=O)O)C1. The summed E-state index contributed by atoms with van der Waals surface area (Å²) in [5.41, 5.74) is -0.328. The second-order valence-corrected chi connectivity index (χ2v) is 6.77. The van der Waals surface area contributed by atoms with Gasteiger partial charge in [-0.3, -0.25) is 4.79 Å². The standard InChI is InChI=1S/C16H27NO3/c1-3-12-7-10-17(13(11-12)14(18)19)15(20)16(2)8-5-4-6-9-16/h12-13H,3-11H2,1-2H3,(H,18,19). The van der Waals surface area contributed by atoms with E-state index in [1.165, 1.54) is 6.42 Å². The summed E-state index contributed by atoms with van der Waals surface area (Å²) in [6, 6.07) is -0.611. The number of carboxylic acid groups (broad SMARTS) is 1. The fourth-order valence-electron chi connectivity index (χ4n) is 3.78. The molecule has 1 amide bonds. The third-order valence-corrected chi connectivity index (χ3v) is 5.31. The van der Waals surface area contributed by atoms with Gasteiger partial charge in [-0.1, -0.05) is 39.5 Å². The molecule has 2 unspecified atom stereocenters. The molecule has 0 aromatic heterocycles.